The standard InChI is InChI=1S/C36H54FN7O4/c1-23(2)39-36(48)41-33(35(47)43-19-17-42(6)18-20-43)25(5)27-13-14-30(29(37)21-27)40-34(46)28(26-11-9-7-8-10-12-26)22-32(45)31-15-16-38-44(31)24(3)4/h13-16,21,23-26,28,33H,7-12,17-20,22H2,1-6H3,(H,40,46)(H2,39,41,48)/t25-,28-,33+/m0/s1. The number of ketones is 1. The maximum Gasteiger partial charge on any atom is 0.315 e. The number of benzene rings is 1. The lowest BCUT2D eigenvalue weighted by Crippen LogP contribution is -2.57. The van der Waals surface area contributed by atoms with Crippen LogP contribution in [0.15, 0.2) is 30.5 Å². The van der Waals surface area contributed by atoms with E-state index in [0.717, 1.165) is 51.6 Å². The van der Waals surface area contributed by atoms with Gasteiger partial charge in [0.15, 0.2) is 5.78 Å². The van der Waals surface area contributed by atoms with Crippen molar-refractivity contribution < 1.29 is 23.6 Å². The van der Waals surface area contributed by atoms with Crippen LogP contribution in [0, 0.1) is 17.7 Å². The van der Waals surface area contributed by atoms with Gasteiger partial charge in [0.2, 0.25) is 11.8 Å². The molecule has 12 heteroatoms. The van der Waals surface area contributed by atoms with E-state index in [0.29, 0.717) is 24.3 Å². The van der Waals surface area contributed by atoms with Gasteiger partial charge in [0.05, 0.1) is 5.69 Å². The fourth-order valence-electron chi connectivity index (χ4n) is 6.84. The average molecular weight is 668 g/mol. The smallest absolute Gasteiger partial charge is 0.315 e. The predicted molar refractivity (Wildman–Crippen MR) is 184 cm³/mol. The molecule has 1 saturated carbocycles. The number of Topliss-reactive ketones (excluding diaryl/α,β-unsaturated/α-hetero) is 1. The third kappa shape index (κ3) is 9.64. The molecule has 11 nitrogen and oxygen atoms in total. The molecule has 264 valence electrons. The van der Waals surface area contributed by atoms with Crippen LogP contribution >= 0.6 is 0 Å². The molecule has 1 aliphatic carbocycles. The summed E-state index contributed by atoms with van der Waals surface area (Å²) in [5, 5.41) is 12.7. The van der Waals surface area contributed by atoms with Crippen LogP contribution in [0.25, 0.3) is 0 Å². The number of halogens is 1. The first-order valence-corrected chi connectivity index (χ1v) is 17.6. The Morgan fingerprint density at radius 3 is 2.19 bits per heavy atom. The number of rotatable bonds is 12. The minimum atomic E-state index is -0.920. The van der Waals surface area contributed by atoms with E-state index < -0.39 is 29.7 Å². The fourth-order valence-corrected chi connectivity index (χ4v) is 6.84. The van der Waals surface area contributed by atoms with Crippen molar-refractivity contribution >= 4 is 29.3 Å². The molecule has 2 aliphatic rings. The highest BCUT2D eigenvalue weighted by atomic mass is 19.1. The summed E-state index contributed by atoms with van der Waals surface area (Å²) >= 11 is 0. The molecule has 4 rings (SSSR count). The van der Waals surface area contributed by atoms with E-state index in [-0.39, 0.29) is 47.7 Å². The fraction of sp³-hybridized carbons (Fsp3) is 0.639. The van der Waals surface area contributed by atoms with Crippen LogP contribution in [0.1, 0.15) is 108 Å². The number of likely N-dealkylation sites (N-methyl/N-ethyl adjacent to an activating group) is 1. The molecule has 0 bridgehead atoms. The molecular formula is C36H54FN7O4. The Bertz CT molecular complexity index is 1410. The minimum absolute atomic E-state index is 0.00431. The van der Waals surface area contributed by atoms with Crippen LogP contribution < -0.4 is 16.0 Å². The third-order valence-corrected chi connectivity index (χ3v) is 9.72. The highest BCUT2D eigenvalue weighted by Crippen LogP contribution is 2.34. The summed E-state index contributed by atoms with van der Waals surface area (Å²) in [6.07, 6.45) is 7.48. The van der Waals surface area contributed by atoms with Gasteiger partial charge in [-0.1, -0.05) is 38.7 Å². The molecule has 1 aliphatic heterocycles. The second-order valence-corrected chi connectivity index (χ2v) is 14.1. The van der Waals surface area contributed by atoms with Crippen LogP contribution in [-0.2, 0) is 9.59 Å². The molecule has 1 saturated heterocycles. The van der Waals surface area contributed by atoms with Crippen molar-refractivity contribution in [1.29, 1.82) is 0 Å². The van der Waals surface area contributed by atoms with E-state index in [1.165, 1.54) is 12.1 Å². The Balaban J connectivity index is 1.54. The van der Waals surface area contributed by atoms with Crippen molar-refractivity contribution in [2.24, 2.45) is 11.8 Å². The Kier molecular flexibility index (Phi) is 13.1. The van der Waals surface area contributed by atoms with E-state index >= 15 is 4.39 Å². The van der Waals surface area contributed by atoms with Gasteiger partial charge in [-0.15, -0.1) is 0 Å². The van der Waals surface area contributed by atoms with Gasteiger partial charge in [0, 0.05) is 62.7 Å². The van der Waals surface area contributed by atoms with Crippen molar-refractivity contribution in [1.82, 2.24) is 30.2 Å². The Labute approximate surface area is 284 Å². The number of carbonyl (C=O) groups is 4. The quantitative estimate of drug-likeness (QED) is 0.207. The minimum Gasteiger partial charge on any atom is -0.338 e. The summed E-state index contributed by atoms with van der Waals surface area (Å²) in [5.41, 5.74) is 0.999. The number of urea groups is 1. The third-order valence-electron chi connectivity index (χ3n) is 9.72. The van der Waals surface area contributed by atoms with E-state index in [9.17, 15) is 19.2 Å². The maximum atomic E-state index is 15.8. The molecule has 0 unspecified atom stereocenters. The molecule has 2 aromatic rings. The first-order chi connectivity index (χ1) is 22.8. The number of hydrogen-bond acceptors (Lipinski definition) is 6. The monoisotopic (exact) mass is 667 g/mol. The van der Waals surface area contributed by atoms with Crippen LogP contribution in [0.3, 0.4) is 0 Å². The topological polar surface area (TPSA) is 129 Å². The van der Waals surface area contributed by atoms with Crippen LogP contribution in [0.5, 0.6) is 0 Å². The number of amides is 4. The van der Waals surface area contributed by atoms with Crippen molar-refractivity contribution in [3.8, 4) is 0 Å². The van der Waals surface area contributed by atoms with Gasteiger partial charge in [-0.25, -0.2) is 9.18 Å². The number of piperazine rings is 1. The average Bonchev–Trinajstić information content (AvgIpc) is 3.39. The first-order valence-electron chi connectivity index (χ1n) is 17.6. The highest BCUT2D eigenvalue weighted by molar-refractivity contribution is 6.00. The Morgan fingerprint density at radius 1 is 0.917 bits per heavy atom. The second kappa shape index (κ2) is 17.0. The van der Waals surface area contributed by atoms with Crippen LogP contribution in [-0.4, -0.2) is 88.5 Å². The number of nitrogens with zero attached hydrogens (tertiary/aromatic N) is 4. The molecule has 1 aromatic heterocycles. The van der Waals surface area contributed by atoms with Crippen molar-refractivity contribution in [3.05, 3.63) is 47.5 Å². The van der Waals surface area contributed by atoms with E-state index in [1.807, 2.05) is 34.7 Å². The summed E-state index contributed by atoms with van der Waals surface area (Å²) in [5.74, 6) is -2.55. The lowest BCUT2D eigenvalue weighted by molar-refractivity contribution is -0.135. The lowest BCUT2D eigenvalue weighted by atomic mass is 9.81. The molecule has 0 spiro atoms. The zero-order valence-electron chi connectivity index (χ0n) is 29.4. The van der Waals surface area contributed by atoms with Crippen molar-refractivity contribution in [3.63, 3.8) is 0 Å². The molecule has 2 heterocycles. The van der Waals surface area contributed by atoms with Crippen LogP contribution in [0.2, 0.25) is 0 Å². The van der Waals surface area contributed by atoms with E-state index in [2.05, 4.69) is 25.9 Å². The van der Waals surface area contributed by atoms with Gasteiger partial charge in [-0.05, 0) is 77.3 Å². The normalized spacial score (nSPS) is 18.2. The summed E-state index contributed by atoms with van der Waals surface area (Å²) in [4.78, 5) is 57.7. The molecule has 2 fully saturated rings. The van der Waals surface area contributed by atoms with Gasteiger partial charge in [0.25, 0.3) is 0 Å². The summed E-state index contributed by atoms with van der Waals surface area (Å²) in [6.45, 7) is 11.9. The Morgan fingerprint density at radius 2 is 1.58 bits per heavy atom. The number of carbonyl (C=O) groups excluding carboxylic acids is 4. The molecule has 0 radical (unpaired) electrons. The van der Waals surface area contributed by atoms with Gasteiger partial charge >= 0.3 is 6.03 Å². The van der Waals surface area contributed by atoms with Crippen molar-refractivity contribution in [2.75, 3.05) is 38.5 Å². The van der Waals surface area contributed by atoms with E-state index in [4.69, 9.17) is 0 Å². The summed E-state index contributed by atoms with van der Waals surface area (Å²) in [6, 6.07) is 4.67. The number of aromatic nitrogens is 2. The highest BCUT2D eigenvalue weighted by Gasteiger charge is 2.35. The molecule has 3 N–H and O–H groups in total. The van der Waals surface area contributed by atoms with E-state index in [1.54, 1.807) is 34.8 Å². The Hall–Kier alpha value is -3.80. The summed E-state index contributed by atoms with van der Waals surface area (Å²) < 4.78 is 17.4. The maximum absolute atomic E-state index is 15.8. The lowest BCUT2D eigenvalue weighted by Gasteiger charge is -2.36. The number of hydrogen-bond donors (Lipinski definition) is 3. The van der Waals surface area contributed by atoms with Gasteiger partial charge in [0.1, 0.15) is 17.6 Å². The predicted octanol–water partition coefficient (Wildman–Crippen LogP) is 5.35. The zero-order valence-corrected chi connectivity index (χ0v) is 29.4. The molecule has 48 heavy (non-hydrogen) atoms. The second-order valence-electron chi connectivity index (χ2n) is 14.1. The molecular weight excluding hydrogens is 613 g/mol. The largest absolute Gasteiger partial charge is 0.338 e. The number of nitrogens with one attached hydrogen (secondary N) is 3. The molecule has 4 amide bonds. The SMILES string of the molecule is CC(C)NC(=O)N[C@@H](C(=O)N1CCN(C)CC1)[C@@H](C)c1ccc(NC(=O)[C@@H](CC(=O)c2ccnn2C(C)C)C2CCCCCC2)c(F)c1. The molecule has 3 atom stereocenters. The number of anilines is 1. The van der Waals surface area contributed by atoms with Gasteiger partial charge in [-0.3, -0.25) is 19.1 Å². The first kappa shape index (κ1) is 37.0. The molecule has 1 aromatic carbocycles. The van der Waals surface area contributed by atoms with Crippen LogP contribution in [0.4, 0.5) is 14.9 Å². The van der Waals surface area contributed by atoms with Gasteiger partial charge < -0.3 is 25.8 Å². The summed E-state index contributed by atoms with van der Waals surface area (Å²) in [7, 11) is 2.00. The zero-order chi connectivity index (χ0) is 35.0. The van der Waals surface area contributed by atoms with Crippen molar-refractivity contribution in [2.45, 2.75) is 104 Å². The van der Waals surface area contributed by atoms with Gasteiger partial charge in [-0.2, -0.15) is 5.10 Å².